The first kappa shape index (κ1) is 10.3. The maximum Gasteiger partial charge on any atom is 0.126 e. The zero-order valence-electron chi connectivity index (χ0n) is 9.98. The maximum atomic E-state index is 4.45. The number of benzene rings is 1. The second kappa shape index (κ2) is 4.21. The van der Waals surface area contributed by atoms with Crippen molar-refractivity contribution in [2.75, 3.05) is 11.9 Å². The predicted octanol–water partition coefficient (Wildman–Crippen LogP) is 3.14. The van der Waals surface area contributed by atoms with Crippen LogP contribution in [0.4, 0.5) is 5.82 Å². The molecule has 1 N–H and O–H groups in total. The Labute approximate surface area is 102 Å². The van der Waals surface area contributed by atoms with E-state index in [1.807, 2.05) is 25.1 Å². The zero-order valence-corrected chi connectivity index (χ0v) is 9.98. The van der Waals surface area contributed by atoms with Crippen LogP contribution in [0.1, 0.15) is 22.7 Å². The lowest BCUT2D eigenvalue weighted by Gasteiger charge is -2.30. The molecule has 0 saturated carbocycles. The fraction of sp³-hybridized carbons (Fsp3) is 0.267. The van der Waals surface area contributed by atoms with Crippen LogP contribution in [0.25, 0.3) is 0 Å². The van der Waals surface area contributed by atoms with Crippen LogP contribution in [-0.2, 0) is 6.42 Å². The number of hydrogen-bond donors (Lipinski definition) is 1. The fourth-order valence-electron chi connectivity index (χ4n) is 2.41. The molecule has 2 nitrogen and oxygen atoms in total. The molecule has 1 aromatic carbocycles. The summed E-state index contributed by atoms with van der Waals surface area (Å²) in [6.07, 6.45) is 1.19. The molecule has 0 aliphatic heterocycles. The molecule has 86 valence electrons. The van der Waals surface area contributed by atoms with Crippen LogP contribution in [0.3, 0.4) is 0 Å². The Hall–Kier alpha value is -1.83. The van der Waals surface area contributed by atoms with E-state index < -0.39 is 0 Å². The first-order valence-corrected chi connectivity index (χ1v) is 6.08. The molecule has 1 aliphatic rings. The lowest BCUT2D eigenvalue weighted by Crippen LogP contribution is -2.24. The molecule has 0 amide bonds. The highest BCUT2D eigenvalue weighted by Crippen LogP contribution is 2.34. The van der Waals surface area contributed by atoms with Gasteiger partial charge >= 0.3 is 0 Å². The van der Waals surface area contributed by atoms with Crippen LogP contribution < -0.4 is 5.32 Å². The van der Waals surface area contributed by atoms with Gasteiger partial charge in [0.1, 0.15) is 5.82 Å². The third-order valence-corrected chi connectivity index (χ3v) is 3.38. The summed E-state index contributed by atoms with van der Waals surface area (Å²) in [4.78, 5) is 4.45. The summed E-state index contributed by atoms with van der Waals surface area (Å²) in [5.74, 6) is 1.63. The average molecular weight is 224 g/mol. The van der Waals surface area contributed by atoms with E-state index in [1.54, 1.807) is 0 Å². The van der Waals surface area contributed by atoms with E-state index in [4.69, 9.17) is 0 Å². The number of pyridine rings is 1. The van der Waals surface area contributed by atoms with E-state index in [-0.39, 0.29) is 0 Å². The van der Waals surface area contributed by atoms with Crippen LogP contribution >= 0.6 is 0 Å². The standard InChI is InChI=1S/C15H16N2/c1-11-5-4-8-15(17-11)16-10-13-9-12-6-2-3-7-14(12)13/h2-8,13H,9-10H2,1H3,(H,16,17). The number of nitrogens with one attached hydrogen (secondary N) is 1. The van der Waals surface area contributed by atoms with Crippen molar-refractivity contribution in [2.24, 2.45) is 0 Å². The van der Waals surface area contributed by atoms with Gasteiger partial charge in [0.15, 0.2) is 0 Å². The first-order chi connectivity index (χ1) is 8.33. The fourth-order valence-corrected chi connectivity index (χ4v) is 2.41. The molecule has 3 rings (SSSR count). The predicted molar refractivity (Wildman–Crippen MR) is 70.4 cm³/mol. The van der Waals surface area contributed by atoms with Crippen molar-refractivity contribution in [3.05, 3.63) is 59.3 Å². The Balaban J connectivity index is 1.64. The Kier molecular flexibility index (Phi) is 2.56. The van der Waals surface area contributed by atoms with Crippen molar-refractivity contribution in [1.29, 1.82) is 0 Å². The smallest absolute Gasteiger partial charge is 0.126 e. The van der Waals surface area contributed by atoms with Gasteiger partial charge < -0.3 is 5.32 Å². The van der Waals surface area contributed by atoms with E-state index in [9.17, 15) is 0 Å². The minimum Gasteiger partial charge on any atom is -0.369 e. The van der Waals surface area contributed by atoms with E-state index >= 15 is 0 Å². The summed E-state index contributed by atoms with van der Waals surface area (Å²) < 4.78 is 0. The van der Waals surface area contributed by atoms with Gasteiger partial charge in [-0.15, -0.1) is 0 Å². The monoisotopic (exact) mass is 224 g/mol. The largest absolute Gasteiger partial charge is 0.369 e. The SMILES string of the molecule is Cc1cccc(NCC2Cc3ccccc32)n1. The summed E-state index contributed by atoms with van der Waals surface area (Å²) in [6.45, 7) is 3.00. The number of hydrogen-bond acceptors (Lipinski definition) is 2. The normalized spacial score (nSPS) is 17.1. The summed E-state index contributed by atoms with van der Waals surface area (Å²) in [6, 6.07) is 14.8. The van der Waals surface area contributed by atoms with E-state index in [2.05, 4.69) is 34.6 Å². The number of anilines is 1. The summed E-state index contributed by atoms with van der Waals surface area (Å²) in [5, 5.41) is 3.42. The van der Waals surface area contributed by atoms with Gasteiger partial charge in [0.05, 0.1) is 0 Å². The van der Waals surface area contributed by atoms with Crippen LogP contribution in [0, 0.1) is 6.92 Å². The van der Waals surface area contributed by atoms with Crippen molar-refractivity contribution >= 4 is 5.82 Å². The molecule has 0 radical (unpaired) electrons. The Morgan fingerprint density at radius 2 is 2.06 bits per heavy atom. The molecule has 2 aromatic rings. The van der Waals surface area contributed by atoms with Gasteiger partial charge in [-0.25, -0.2) is 4.98 Å². The Morgan fingerprint density at radius 1 is 1.18 bits per heavy atom. The molecule has 17 heavy (non-hydrogen) atoms. The van der Waals surface area contributed by atoms with Crippen molar-refractivity contribution in [3.63, 3.8) is 0 Å². The van der Waals surface area contributed by atoms with Gasteiger partial charge in [-0.05, 0) is 36.6 Å². The Morgan fingerprint density at radius 3 is 2.88 bits per heavy atom. The molecule has 0 fully saturated rings. The third kappa shape index (κ3) is 2.03. The van der Waals surface area contributed by atoms with Crippen molar-refractivity contribution < 1.29 is 0 Å². The average Bonchev–Trinajstić information content (AvgIpc) is 2.30. The molecule has 2 heteroatoms. The molecule has 1 heterocycles. The van der Waals surface area contributed by atoms with E-state index in [0.717, 1.165) is 18.1 Å². The van der Waals surface area contributed by atoms with Crippen molar-refractivity contribution in [1.82, 2.24) is 4.98 Å². The van der Waals surface area contributed by atoms with Gasteiger partial charge in [0, 0.05) is 18.2 Å². The summed E-state index contributed by atoms with van der Waals surface area (Å²) >= 11 is 0. The van der Waals surface area contributed by atoms with Crippen LogP contribution in [0.2, 0.25) is 0 Å². The first-order valence-electron chi connectivity index (χ1n) is 6.08. The Bertz CT molecular complexity index is 534. The maximum absolute atomic E-state index is 4.45. The lowest BCUT2D eigenvalue weighted by atomic mass is 9.77. The summed E-state index contributed by atoms with van der Waals surface area (Å²) in [5.41, 5.74) is 4.05. The number of nitrogens with zero attached hydrogens (tertiary/aromatic N) is 1. The van der Waals surface area contributed by atoms with Crippen LogP contribution in [0.5, 0.6) is 0 Å². The van der Waals surface area contributed by atoms with Crippen molar-refractivity contribution in [2.45, 2.75) is 19.3 Å². The number of fused-ring (bicyclic) bond motifs is 1. The van der Waals surface area contributed by atoms with Crippen LogP contribution in [0.15, 0.2) is 42.5 Å². The molecule has 1 aliphatic carbocycles. The molecular formula is C15H16N2. The van der Waals surface area contributed by atoms with Gasteiger partial charge in [-0.1, -0.05) is 30.3 Å². The van der Waals surface area contributed by atoms with E-state index in [0.29, 0.717) is 5.92 Å². The molecular weight excluding hydrogens is 208 g/mol. The van der Waals surface area contributed by atoms with Gasteiger partial charge in [0.25, 0.3) is 0 Å². The van der Waals surface area contributed by atoms with Gasteiger partial charge in [0.2, 0.25) is 0 Å². The minimum atomic E-state index is 0.647. The van der Waals surface area contributed by atoms with Gasteiger partial charge in [-0.3, -0.25) is 0 Å². The highest BCUT2D eigenvalue weighted by atomic mass is 15.0. The number of aryl methyl sites for hydroxylation is 1. The summed E-state index contributed by atoms with van der Waals surface area (Å²) in [7, 11) is 0. The molecule has 1 atom stereocenters. The van der Waals surface area contributed by atoms with Gasteiger partial charge in [-0.2, -0.15) is 0 Å². The molecule has 1 aromatic heterocycles. The van der Waals surface area contributed by atoms with Crippen LogP contribution in [-0.4, -0.2) is 11.5 Å². The molecule has 0 bridgehead atoms. The molecule has 0 spiro atoms. The van der Waals surface area contributed by atoms with E-state index in [1.165, 1.54) is 17.5 Å². The third-order valence-electron chi connectivity index (χ3n) is 3.38. The second-order valence-corrected chi connectivity index (χ2v) is 4.64. The highest BCUT2D eigenvalue weighted by molar-refractivity contribution is 5.43. The quantitative estimate of drug-likeness (QED) is 0.866. The minimum absolute atomic E-state index is 0.647. The lowest BCUT2D eigenvalue weighted by molar-refractivity contribution is 0.634. The topological polar surface area (TPSA) is 24.9 Å². The van der Waals surface area contributed by atoms with Crippen molar-refractivity contribution in [3.8, 4) is 0 Å². The zero-order chi connectivity index (χ0) is 11.7. The number of rotatable bonds is 3. The molecule has 1 unspecified atom stereocenters. The number of aromatic nitrogens is 1. The second-order valence-electron chi connectivity index (χ2n) is 4.64. The molecule has 0 saturated heterocycles. The highest BCUT2D eigenvalue weighted by Gasteiger charge is 2.24.